The van der Waals surface area contributed by atoms with Gasteiger partial charge >= 0.3 is 12.4 Å². The molecule has 36 heavy (non-hydrogen) atoms. The molecule has 4 nitrogen and oxygen atoms in total. The van der Waals surface area contributed by atoms with Gasteiger partial charge in [0.15, 0.2) is 0 Å². The molecule has 2 aromatic carbocycles. The van der Waals surface area contributed by atoms with Crippen molar-refractivity contribution in [3.8, 4) is 5.75 Å². The maximum Gasteiger partial charge on any atom is 0.433 e. The molecule has 0 spiro atoms. The molecule has 10 heteroatoms. The van der Waals surface area contributed by atoms with Gasteiger partial charge < -0.3 is 9.47 Å². The Kier molecular flexibility index (Phi) is 6.36. The summed E-state index contributed by atoms with van der Waals surface area (Å²) in [6, 6.07) is 11.2. The molecule has 0 bridgehead atoms. The molecule has 192 valence electrons. The van der Waals surface area contributed by atoms with Crippen LogP contribution in [-0.2, 0) is 17.1 Å². The molecule has 0 radical (unpaired) electrons. The lowest BCUT2D eigenvalue weighted by Crippen LogP contribution is -2.38. The fourth-order valence-electron chi connectivity index (χ4n) is 5.26. The average Bonchev–Trinajstić information content (AvgIpc) is 3.22. The largest absolute Gasteiger partial charge is 0.494 e. The molecule has 0 N–H and O–H groups in total. The average molecular weight is 510 g/mol. The van der Waals surface area contributed by atoms with Crippen molar-refractivity contribution in [2.45, 2.75) is 56.9 Å². The van der Waals surface area contributed by atoms with Crippen molar-refractivity contribution in [2.75, 3.05) is 13.2 Å². The van der Waals surface area contributed by atoms with E-state index < -0.39 is 41.5 Å². The normalized spacial score (nSPS) is 23.1. The first kappa shape index (κ1) is 24.8. The molecule has 3 heterocycles. The van der Waals surface area contributed by atoms with E-state index in [0.29, 0.717) is 25.3 Å². The summed E-state index contributed by atoms with van der Waals surface area (Å²) in [5.74, 6) is 0.638. The summed E-state index contributed by atoms with van der Waals surface area (Å²) in [4.78, 5) is 5.52. The molecule has 3 atom stereocenters. The fourth-order valence-corrected chi connectivity index (χ4v) is 5.26. The Morgan fingerprint density at radius 3 is 2.50 bits per heavy atom. The van der Waals surface area contributed by atoms with Crippen LogP contribution in [0.4, 0.5) is 26.3 Å². The Balaban J connectivity index is 1.66. The maximum atomic E-state index is 13.8. The van der Waals surface area contributed by atoms with Gasteiger partial charge in [0, 0.05) is 18.0 Å². The predicted octanol–water partition coefficient (Wildman–Crippen LogP) is 7.30. The zero-order valence-corrected chi connectivity index (χ0v) is 19.4. The quantitative estimate of drug-likeness (QED) is 0.345. The number of benzene rings is 2. The predicted molar refractivity (Wildman–Crippen MR) is 120 cm³/mol. The number of para-hydroxylation sites is 1. The van der Waals surface area contributed by atoms with Gasteiger partial charge in [-0.1, -0.05) is 30.7 Å². The number of fused-ring (bicyclic) bond motifs is 2. The smallest absolute Gasteiger partial charge is 0.433 e. The van der Waals surface area contributed by atoms with Crippen LogP contribution in [0.2, 0.25) is 0 Å². The second-order valence-corrected chi connectivity index (χ2v) is 9.01. The number of alkyl halides is 6. The van der Waals surface area contributed by atoms with Crippen LogP contribution in [0.3, 0.4) is 0 Å². The highest BCUT2D eigenvalue weighted by Gasteiger charge is 2.46. The molecule has 3 aromatic rings. The van der Waals surface area contributed by atoms with E-state index in [4.69, 9.17) is 9.47 Å². The van der Waals surface area contributed by atoms with Crippen LogP contribution in [0.5, 0.6) is 5.75 Å². The molecular formula is C26H24F6N2O2. The number of piperidine rings is 1. The highest BCUT2D eigenvalue weighted by atomic mass is 19.4. The van der Waals surface area contributed by atoms with Crippen molar-refractivity contribution in [1.82, 2.24) is 9.88 Å². The Bertz CT molecular complexity index is 1260. The molecule has 2 aliphatic rings. The van der Waals surface area contributed by atoms with Gasteiger partial charge in [-0.2, -0.15) is 26.3 Å². The molecular weight excluding hydrogens is 486 g/mol. The molecule has 0 aliphatic carbocycles. The lowest BCUT2D eigenvalue weighted by atomic mass is 9.91. The van der Waals surface area contributed by atoms with Gasteiger partial charge in [0.05, 0.1) is 17.7 Å². The first-order valence-electron chi connectivity index (χ1n) is 11.8. The molecule has 2 aliphatic heterocycles. The number of hydrogen-bond donors (Lipinski definition) is 0. The number of ether oxygens (including phenoxy) is 2. The Hall–Kier alpha value is -2.85. The van der Waals surface area contributed by atoms with Crippen molar-refractivity contribution < 1.29 is 35.8 Å². The van der Waals surface area contributed by atoms with Crippen LogP contribution < -0.4 is 4.74 Å². The van der Waals surface area contributed by atoms with Crippen molar-refractivity contribution in [3.05, 3.63) is 70.9 Å². The van der Waals surface area contributed by atoms with Gasteiger partial charge in [-0.15, -0.1) is 0 Å². The Morgan fingerprint density at radius 2 is 1.78 bits per heavy atom. The van der Waals surface area contributed by atoms with Gasteiger partial charge in [0.1, 0.15) is 23.8 Å². The number of aromatic nitrogens is 1. The second-order valence-electron chi connectivity index (χ2n) is 9.01. The summed E-state index contributed by atoms with van der Waals surface area (Å²) in [5.41, 5.74) is -2.44. The van der Waals surface area contributed by atoms with Gasteiger partial charge in [0.2, 0.25) is 0 Å². The Morgan fingerprint density at radius 1 is 1.00 bits per heavy atom. The van der Waals surface area contributed by atoms with E-state index in [1.54, 1.807) is 6.07 Å². The van der Waals surface area contributed by atoms with Crippen molar-refractivity contribution in [1.29, 1.82) is 0 Å². The number of nitrogens with zero attached hydrogens (tertiary/aromatic N) is 2. The minimum Gasteiger partial charge on any atom is -0.494 e. The van der Waals surface area contributed by atoms with Crippen LogP contribution in [0.25, 0.3) is 10.9 Å². The highest BCUT2D eigenvalue weighted by Crippen LogP contribution is 2.49. The minimum absolute atomic E-state index is 0.0112. The Labute approximate surface area is 203 Å². The summed E-state index contributed by atoms with van der Waals surface area (Å²) in [6.07, 6.45) is -8.82. The number of pyridine rings is 1. The zero-order chi connectivity index (χ0) is 25.7. The van der Waals surface area contributed by atoms with Crippen LogP contribution in [0.15, 0.2) is 48.5 Å². The van der Waals surface area contributed by atoms with Crippen molar-refractivity contribution >= 4 is 10.9 Å². The topological polar surface area (TPSA) is 34.6 Å². The third kappa shape index (κ3) is 4.52. The highest BCUT2D eigenvalue weighted by molar-refractivity contribution is 5.86. The monoisotopic (exact) mass is 510 g/mol. The molecule has 0 amide bonds. The number of halogens is 6. The lowest BCUT2D eigenvalue weighted by Gasteiger charge is -2.33. The van der Waals surface area contributed by atoms with Gasteiger partial charge in [0.25, 0.3) is 0 Å². The van der Waals surface area contributed by atoms with Crippen LogP contribution in [-0.4, -0.2) is 29.1 Å². The first-order chi connectivity index (χ1) is 17.1. The fraction of sp³-hybridized carbons (Fsp3) is 0.423. The SMILES string of the molecule is CCOc1cccc([C@H]2O[C@@H](c3cc(C(F)(F)F)nc4c(C(F)(F)F)cccc34)[C@H]3CCCCN23)c1. The summed E-state index contributed by atoms with van der Waals surface area (Å²) >= 11 is 0. The second kappa shape index (κ2) is 9.23. The number of rotatable bonds is 4. The summed E-state index contributed by atoms with van der Waals surface area (Å²) in [7, 11) is 0. The van der Waals surface area contributed by atoms with Crippen molar-refractivity contribution in [3.63, 3.8) is 0 Å². The summed E-state index contributed by atoms with van der Waals surface area (Å²) < 4.78 is 94.6. The van der Waals surface area contributed by atoms with Gasteiger partial charge in [-0.3, -0.25) is 4.90 Å². The third-order valence-electron chi connectivity index (χ3n) is 6.75. The van der Waals surface area contributed by atoms with Gasteiger partial charge in [-0.25, -0.2) is 4.98 Å². The van der Waals surface area contributed by atoms with E-state index in [2.05, 4.69) is 9.88 Å². The summed E-state index contributed by atoms with van der Waals surface area (Å²) in [6.45, 7) is 2.99. The van der Waals surface area contributed by atoms with Gasteiger partial charge in [-0.05, 0) is 55.2 Å². The van der Waals surface area contributed by atoms with Crippen LogP contribution >= 0.6 is 0 Å². The molecule has 1 aromatic heterocycles. The van der Waals surface area contributed by atoms with Crippen LogP contribution in [0.1, 0.15) is 60.9 Å². The zero-order valence-electron chi connectivity index (χ0n) is 19.4. The molecule has 2 fully saturated rings. The van der Waals surface area contributed by atoms with Crippen molar-refractivity contribution in [2.24, 2.45) is 0 Å². The van der Waals surface area contributed by atoms with E-state index in [1.807, 2.05) is 25.1 Å². The third-order valence-corrected chi connectivity index (χ3v) is 6.75. The van der Waals surface area contributed by atoms with E-state index in [-0.39, 0.29) is 17.0 Å². The minimum atomic E-state index is -4.92. The molecule has 5 rings (SSSR count). The van der Waals surface area contributed by atoms with E-state index in [0.717, 1.165) is 30.5 Å². The van der Waals surface area contributed by atoms with E-state index in [1.165, 1.54) is 12.1 Å². The maximum absolute atomic E-state index is 13.8. The summed E-state index contributed by atoms with van der Waals surface area (Å²) in [5, 5.41) is 0.0112. The van der Waals surface area contributed by atoms with E-state index in [9.17, 15) is 26.3 Å². The van der Waals surface area contributed by atoms with E-state index >= 15 is 0 Å². The molecule has 0 saturated carbocycles. The first-order valence-corrected chi connectivity index (χ1v) is 11.8. The lowest BCUT2D eigenvalue weighted by molar-refractivity contribution is -0.142. The standard InChI is InChI=1S/C26H24F6N2O2/c1-2-35-16-8-5-7-15(13-16)24-34-12-4-3-11-20(34)23(36-24)18-14-21(26(30,31)32)33-22-17(18)9-6-10-19(22)25(27,28)29/h5-10,13-14,20,23-24H,2-4,11-12H2,1H3/t20-,23+,24-/m1/s1. The number of hydrogen-bond acceptors (Lipinski definition) is 4. The van der Waals surface area contributed by atoms with Crippen LogP contribution in [0, 0.1) is 0 Å². The molecule has 0 unspecified atom stereocenters. The molecule has 2 saturated heterocycles.